The van der Waals surface area contributed by atoms with Gasteiger partial charge in [0, 0.05) is 29.3 Å². The van der Waals surface area contributed by atoms with Gasteiger partial charge in [-0.25, -0.2) is 19.9 Å². The second-order valence-corrected chi connectivity index (χ2v) is 11.5. The van der Waals surface area contributed by atoms with Crippen molar-refractivity contribution >= 4 is 11.2 Å². The fourth-order valence-corrected chi connectivity index (χ4v) is 6.85. The lowest BCUT2D eigenvalue weighted by Gasteiger charge is -2.39. The van der Waals surface area contributed by atoms with Crippen molar-refractivity contribution in [1.29, 1.82) is 0 Å². The van der Waals surface area contributed by atoms with Crippen molar-refractivity contribution < 1.29 is 17.9 Å². The summed E-state index contributed by atoms with van der Waals surface area (Å²) in [5.74, 6) is -0.923. The Bertz CT molecular complexity index is 1330. The van der Waals surface area contributed by atoms with Crippen molar-refractivity contribution in [2.45, 2.75) is 94.6 Å². The van der Waals surface area contributed by atoms with Crippen LogP contribution in [0.3, 0.4) is 0 Å². The number of nitrogens with zero attached hydrogens (tertiary/aromatic N) is 6. The third kappa shape index (κ3) is 3.63. The van der Waals surface area contributed by atoms with E-state index in [1.165, 1.54) is 0 Å². The molecular formula is C26H29F3N6O. The van der Waals surface area contributed by atoms with E-state index in [0.29, 0.717) is 48.0 Å². The number of hydrogen-bond donors (Lipinski definition) is 0. The molecule has 190 valence electrons. The van der Waals surface area contributed by atoms with Gasteiger partial charge in [-0.05, 0) is 64.7 Å². The number of halogens is 3. The van der Waals surface area contributed by atoms with Crippen LogP contribution in [-0.2, 0) is 10.2 Å². The number of ether oxygens (including phenoxy) is 1. The van der Waals surface area contributed by atoms with Gasteiger partial charge in [0.15, 0.2) is 5.65 Å². The molecule has 0 aromatic carbocycles. The topological polar surface area (TPSA) is 78.6 Å². The molecule has 4 heterocycles. The van der Waals surface area contributed by atoms with Gasteiger partial charge >= 0.3 is 6.18 Å². The first-order valence-electron chi connectivity index (χ1n) is 13.0. The van der Waals surface area contributed by atoms with E-state index < -0.39 is 17.5 Å². The molecule has 0 spiro atoms. The molecule has 0 amide bonds. The van der Waals surface area contributed by atoms with Crippen molar-refractivity contribution in [1.82, 2.24) is 29.7 Å². The van der Waals surface area contributed by atoms with Crippen LogP contribution in [0.5, 0.6) is 0 Å². The largest absolute Gasteiger partial charge is 0.392 e. The van der Waals surface area contributed by atoms with Crippen molar-refractivity contribution in [3.8, 4) is 0 Å². The Kier molecular flexibility index (Phi) is 4.82. The van der Waals surface area contributed by atoms with Crippen LogP contribution in [0.4, 0.5) is 13.2 Å². The van der Waals surface area contributed by atoms with Gasteiger partial charge < -0.3 is 4.74 Å². The van der Waals surface area contributed by atoms with Crippen LogP contribution >= 0.6 is 0 Å². The zero-order valence-corrected chi connectivity index (χ0v) is 20.4. The molecule has 8 rings (SSSR count). The van der Waals surface area contributed by atoms with E-state index in [-0.39, 0.29) is 30.5 Å². The second-order valence-electron chi connectivity index (χ2n) is 11.5. The van der Waals surface area contributed by atoms with Crippen molar-refractivity contribution in [2.24, 2.45) is 11.8 Å². The molecule has 36 heavy (non-hydrogen) atoms. The molecule has 3 aromatic rings. The van der Waals surface area contributed by atoms with E-state index in [0.717, 1.165) is 30.5 Å². The molecule has 1 saturated heterocycles. The average Bonchev–Trinajstić information content (AvgIpc) is 3.24. The monoisotopic (exact) mass is 498 g/mol. The third-order valence-corrected chi connectivity index (χ3v) is 8.74. The van der Waals surface area contributed by atoms with Crippen LogP contribution in [0.15, 0.2) is 18.6 Å². The van der Waals surface area contributed by atoms with Crippen LogP contribution < -0.4 is 0 Å². The van der Waals surface area contributed by atoms with Crippen molar-refractivity contribution in [3.05, 3.63) is 41.4 Å². The Morgan fingerprint density at radius 2 is 1.86 bits per heavy atom. The first kappa shape index (κ1) is 22.6. The minimum Gasteiger partial charge on any atom is -0.370 e. The fraction of sp³-hybridized carbons (Fsp3) is 0.654. The second kappa shape index (κ2) is 7.69. The summed E-state index contributed by atoms with van der Waals surface area (Å²) in [7, 11) is 0. The van der Waals surface area contributed by atoms with Gasteiger partial charge in [-0.1, -0.05) is 0 Å². The molecule has 10 heteroatoms. The highest BCUT2D eigenvalue weighted by Crippen LogP contribution is 2.66. The van der Waals surface area contributed by atoms with Gasteiger partial charge in [-0.2, -0.15) is 18.3 Å². The maximum Gasteiger partial charge on any atom is 0.392 e. The summed E-state index contributed by atoms with van der Waals surface area (Å²) in [5.41, 5.74) is 2.89. The van der Waals surface area contributed by atoms with Crippen LogP contribution in [0.2, 0.25) is 0 Å². The minimum absolute atomic E-state index is 0.00305. The van der Waals surface area contributed by atoms with E-state index in [4.69, 9.17) is 14.7 Å². The van der Waals surface area contributed by atoms with E-state index >= 15 is 0 Å². The quantitative estimate of drug-likeness (QED) is 0.472. The standard InChI is InChI=1S/C26H29F3N6O/c1-13-10-30-21-22(25-7-16(8-25)19(9-25)26(27,28)29)33-23(34-24(21)32-13)15-5-14(2)36-20(6-15)17-11-31-35(12-17)18-3-4-18/h10-12,14-16,18-20H,3-9H2,1-2H3/t14?,15?,16?,19-,20?,25?/m0/s1. The molecule has 1 aliphatic heterocycles. The zero-order valence-electron chi connectivity index (χ0n) is 20.4. The Labute approximate surface area is 206 Å². The van der Waals surface area contributed by atoms with Crippen LogP contribution in [0.25, 0.3) is 11.2 Å². The molecule has 4 atom stereocenters. The lowest BCUT2D eigenvalue weighted by Crippen LogP contribution is -2.35. The van der Waals surface area contributed by atoms with E-state index in [9.17, 15) is 13.2 Å². The molecule has 2 bridgehead atoms. The molecule has 4 saturated carbocycles. The van der Waals surface area contributed by atoms with E-state index in [1.54, 1.807) is 6.20 Å². The van der Waals surface area contributed by atoms with Gasteiger partial charge in [0.05, 0.1) is 41.8 Å². The summed E-state index contributed by atoms with van der Waals surface area (Å²) >= 11 is 0. The molecule has 3 aromatic heterocycles. The fourth-order valence-electron chi connectivity index (χ4n) is 6.85. The SMILES string of the molecule is Cc1cnc2c(C34CC(C3)[C@@H](C(F)(F)F)C4)nc(C3CC(C)OC(c4cnn(C5CC5)c4)C3)nc2n1. The summed E-state index contributed by atoms with van der Waals surface area (Å²) in [4.78, 5) is 19.0. The van der Waals surface area contributed by atoms with Crippen LogP contribution in [0.1, 0.15) is 92.7 Å². The highest BCUT2D eigenvalue weighted by Gasteiger charge is 2.65. The number of alkyl halides is 3. The molecule has 0 radical (unpaired) electrons. The molecule has 7 nitrogen and oxygen atoms in total. The number of aromatic nitrogens is 6. The molecule has 0 N–H and O–H groups in total. The lowest BCUT2D eigenvalue weighted by atomic mass is 9.67. The number of fused-ring (bicyclic) bond motifs is 2. The zero-order chi connectivity index (χ0) is 24.8. The van der Waals surface area contributed by atoms with Crippen LogP contribution in [0, 0.1) is 18.8 Å². The molecule has 4 aliphatic carbocycles. The lowest BCUT2D eigenvalue weighted by molar-refractivity contribution is -0.180. The van der Waals surface area contributed by atoms with Gasteiger partial charge in [0.1, 0.15) is 11.3 Å². The Hall–Kier alpha value is -2.62. The first-order chi connectivity index (χ1) is 17.2. The Balaban J connectivity index is 1.25. The Morgan fingerprint density at radius 3 is 2.58 bits per heavy atom. The predicted octanol–water partition coefficient (Wildman–Crippen LogP) is 5.51. The number of aryl methyl sites for hydroxylation is 1. The van der Waals surface area contributed by atoms with Crippen molar-refractivity contribution in [2.75, 3.05) is 0 Å². The highest BCUT2D eigenvalue weighted by atomic mass is 19.4. The highest BCUT2D eigenvalue weighted by molar-refractivity contribution is 5.74. The van der Waals surface area contributed by atoms with Crippen LogP contribution in [-0.4, -0.2) is 42.0 Å². The van der Waals surface area contributed by atoms with E-state index in [1.807, 2.05) is 17.8 Å². The minimum atomic E-state index is -4.18. The molecule has 3 unspecified atom stereocenters. The molecule has 5 fully saturated rings. The summed E-state index contributed by atoms with van der Waals surface area (Å²) in [6, 6.07) is 0.501. The number of rotatable bonds is 4. The summed E-state index contributed by atoms with van der Waals surface area (Å²) < 4.78 is 49.4. The summed E-state index contributed by atoms with van der Waals surface area (Å²) in [5, 5.41) is 4.53. The third-order valence-electron chi connectivity index (χ3n) is 8.74. The van der Waals surface area contributed by atoms with E-state index in [2.05, 4.69) is 28.2 Å². The van der Waals surface area contributed by atoms with Gasteiger partial charge in [-0.3, -0.25) is 4.68 Å². The smallest absolute Gasteiger partial charge is 0.370 e. The Morgan fingerprint density at radius 1 is 1.06 bits per heavy atom. The maximum atomic E-state index is 13.7. The normalized spacial score (nSPS) is 34.2. The van der Waals surface area contributed by atoms with Crippen molar-refractivity contribution in [3.63, 3.8) is 0 Å². The predicted molar refractivity (Wildman–Crippen MR) is 124 cm³/mol. The molecule has 5 aliphatic rings. The molecular weight excluding hydrogens is 469 g/mol. The summed E-state index contributed by atoms with van der Waals surface area (Å²) in [6.07, 6.45) is 6.20. The average molecular weight is 499 g/mol. The number of hydrogen-bond acceptors (Lipinski definition) is 6. The first-order valence-corrected chi connectivity index (χ1v) is 13.0. The van der Waals surface area contributed by atoms with Gasteiger partial charge in [-0.15, -0.1) is 0 Å². The summed E-state index contributed by atoms with van der Waals surface area (Å²) in [6.45, 7) is 3.90. The van der Waals surface area contributed by atoms with Gasteiger partial charge in [0.2, 0.25) is 0 Å². The van der Waals surface area contributed by atoms with Gasteiger partial charge in [0.25, 0.3) is 0 Å². The maximum absolute atomic E-state index is 13.7.